The molecule has 172 valence electrons. The van der Waals surface area contributed by atoms with E-state index in [-0.39, 0.29) is 5.75 Å². The van der Waals surface area contributed by atoms with Gasteiger partial charge in [0.2, 0.25) is 11.9 Å². The molecule has 0 aliphatic carbocycles. The number of ether oxygens (including phenoxy) is 1. The molecule has 33 heavy (non-hydrogen) atoms. The molecule has 1 fully saturated rings. The van der Waals surface area contributed by atoms with Crippen molar-refractivity contribution in [3.63, 3.8) is 0 Å². The largest absolute Gasteiger partial charge is 0.378 e. The van der Waals surface area contributed by atoms with Crippen molar-refractivity contribution in [3.8, 4) is 5.69 Å². The van der Waals surface area contributed by atoms with E-state index in [1.54, 1.807) is 16.7 Å². The Morgan fingerprint density at radius 3 is 2.61 bits per heavy atom. The average molecular weight is 471 g/mol. The van der Waals surface area contributed by atoms with Crippen LogP contribution in [0.1, 0.15) is 5.56 Å². The number of thioether (sulfide) groups is 1. The van der Waals surface area contributed by atoms with Crippen LogP contribution in [0.25, 0.3) is 5.69 Å². The Morgan fingerprint density at radius 2 is 1.85 bits per heavy atom. The van der Waals surface area contributed by atoms with Gasteiger partial charge in [-0.25, -0.2) is 9.18 Å². The molecule has 3 amide bonds. The number of amides is 3. The Bertz CT molecular complexity index is 1100. The quantitative estimate of drug-likeness (QED) is 0.511. The number of urea groups is 1. The molecule has 11 heteroatoms. The predicted octanol–water partition coefficient (Wildman–Crippen LogP) is 2.36. The van der Waals surface area contributed by atoms with Crippen LogP contribution in [0.5, 0.6) is 0 Å². The average Bonchev–Trinajstić information content (AvgIpc) is 3.27. The van der Waals surface area contributed by atoms with E-state index in [2.05, 4.69) is 20.8 Å². The number of carbonyl (C=O) groups excluding carboxylic acids is 2. The van der Waals surface area contributed by atoms with E-state index >= 15 is 0 Å². The highest BCUT2D eigenvalue weighted by Crippen LogP contribution is 2.27. The van der Waals surface area contributed by atoms with E-state index in [9.17, 15) is 14.0 Å². The molecule has 9 nitrogen and oxygen atoms in total. The fourth-order valence-corrected chi connectivity index (χ4v) is 4.03. The number of hydrogen-bond donors (Lipinski definition) is 2. The smallest absolute Gasteiger partial charge is 0.321 e. The van der Waals surface area contributed by atoms with Crippen LogP contribution in [0.4, 0.5) is 15.1 Å². The molecule has 0 saturated carbocycles. The monoisotopic (exact) mass is 470 g/mol. The van der Waals surface area contributed by atoms with Crippen molar-refractivity contribution >= 4 is 29.6 Å². The standard InChI is InChI=1S/C22H23FN6O3S/c23-17-7-4-8-18(13-17)29-21(28-9-11-32-12-10-28)26-27-22(29)33-15-19(30)25-20(31)24-14-16-5-2-1-3-6-16/h1-8,13H,9-12,14-15H2,(H2,24,25,30,31). The predicted molar refractivity (Wildman–Crippen MR) is 122 cm³/mol. The summed E-state index contributed by atoms with van der Waals surface area (Å²) in [7, 11) is 0. The SMILES string of the molecule is O=C(CSc1nnc(N2CCOCC2)n1-c1cccc(F)c1)NC(=O)NCc1ccccc1. The lowest BCUT2D eigenvalue weighted by Crippen LogP contribution is -2.40. The third-order valence-electron chi connectivity index (χ3n) is 4.86. The molecular formula is C22H23FN6O3S. The first-order valence-electron chi connectivity index (χ1n) is 10.4. The normalized spacial score (nSPS) is 13.5. The summed E-state index contributed by atoms with van der Waals surface area (Å²) >= 11 is 1.11. The molecule has 2 heterocycles. The maximum absolute atomic E-state index is 13.9. The summed E-state index contributed by atoms with van der Waals surface area (Å²) in [6.07, 6.45) is 0. The number of hydrogen-bond acceptors (Lipinski definition) is 7. The third-order valence-corrected chi connectivity index (χ3v) is 5.79. The summed E-state index contributed by atoms with van der Waals surface area (Å²) in [5.41, 5.74) is 1.47. The zero-order valence-corrected chi connectivity index (χ0v) is 18.6. The Balaban J connectivity index is 1.41. The van der Waals surface area contributed by atoms with Gasteiger partial charge < -0.3 is 15.0 Å². The number of benzene rings is 2. The zero-order chi connectivity index (χ0) is 23.0. The molecule has 0 atom stereocenters. The molecule has 1 aliphatic rings. The van der Waals surface area contributed by atoms with Gasteiger partial charge in [0.05, 0.1) is 24.7 Å². The Hall–Kier alpha value is -3.44. The first-order valence-corrected chi connectivity index (χ1v) is 11.4. The molecule has 0 unspecified atom stereocenters. The number of nitrogens with zero attached hydrogens (tertiary/aromatic N) is 4. The van der Waals surface area contributed by atoms with E-state index in [4.69, 9.17) is 4.74 Å². The lowest BCUT2D eigenvalue weighted by atomic mass is 10.2. The first-order chi connectivity index (χ1) is 16.1. The lowest BCUT2D eigenvalue weighted by molar-refractivity contribution is -0.117. The Labute approximate surface area is 194 Å². The van der Waals surface area contributed by atoms with E-state index in [0.29, 0.717) is 49.6 Å². The van der Waals surface area contributed by atoms with E-state index < -0.39 is 17.8 Å². The van der Waals surface area contributed by atoms with Crippen molar-refractivity contribution in [1.29, 1.82) is 0 Å². The molecular weight excluding hydrogens is 447 g/mol. The molecule has 1 aromatic heterocycles. The summed E-state index contributed by atoms with van der Waals surface area (Å²) in [4.78, 5) is 26.3. The fourth-order valence-electron chi connectivity index (χ4n) is 3.28. The van der Waals surface area contributed by atoms with Gasteiger partial charge in [0, 0.05) is 19.6 Å². The van der Waals surface area contributed by atoms with Gasteiger partial charge in [-0.3, -0.25) is 14.7 Å². The molecule has 1 aliphatic heterocycles. The van der Waals surface area contributed by atoms with Crippen LogP contribution < -0.4 is 15.5 Å². The number of anilines is 1. The molecule has 0 radical (unpaired) electrons. The van der Waals surface area contributed by atoms with Crippen molar-refractivity contribution in [2.24, 2.45) is 0 Å². The van der Waals surface area contributed by atoms with Gasteiger partial charge in [-0.15, -0.1) is 10.2 Å². The molecule has 2 N–H and O–H groups in total. The van der Waals surface area contributed by atoms with Crippen molar-refractivity contribution in [3.05, 3.63) is 66.0 Å². The fraction of sp³-hybridized carbons (Fsp3) is 0.273. The van der Waals surface area contributed by atoms with Crippen LogP contribution in [-0.4, -0.2) is 58.8 Å². The second kappa shape index (κ2) is 10.9. The number of halogens is 1. The highest BCUT2D eigenvalue weighted by molar-refractivity contribution is 7.99. The molecule has 3 aromatic rings. The topological polar surface area (TPSA) is 101 Å². The minimum absolute atomic E-state index is 0.0602. The minimum atomic E-state index is -0.579. The first kappa shape index (κ1) is 22.7. The van der Waals surface area contributed by atoms with Gasteiger partial charge in [-0.1, -0.05) is 48.2 Å². The van der Waals surface area contributed by atoms with Crippen LogP contribution in [0, 0.1) is 5.82 Å². The molecule has 4 rings (SSSR count). The second-order valence-electron chi connectivity index (χ2n) is 7.20. The second-order valence-corrected chi connectivity index (χ2v) is 8.14. The van der Waals surface area contributed by atoms with E-state index in [1.165, 1.54) is 12.1 Å². The summed E-state index contributed by atoms with van der Waals surface area (Å²) in [5, 5.41) is 13.9. The molecule has 1 saturated heterocycles. The van der Waals surface area contributed by atoms with Gasteiger partial charge >= 0.3 is 6.03 Å². The van der Waals surface area contributed by atoms with Crippen molar-refractivity contribution in [2.45, 2.75) is 11.7 Å². The van der Waals surface area contributed by atoms with Crippen LogP contribution in [0.15, 0.2) is 59.8 Å². The van der Waals surface area contributed by atoms with Crippen molar-refractivity contribution < 1.29 is 18.7 Å². The number of carbonyl (C=O) groups is 2. The van der Waals surface area contributed by atoms with Gasteiger partial charge in [0.25, 0.3) is 0 Å². The molecule has 0 spiro atoms. The van der Waals surface area contributed by atoms with Crippen LogP contribution >= 0.6 is 11.8 Å². The van der Waals surface area contributed by atoms with Gasteiger partial charge in [-0.05, 0) is 23.8 Å². The lowest BCUT2D eigenvalue weighted by Gasteiger charge is -2.27. The summed E-state index contributed by atoms with van der Waals surface area (Å²) < 4.78 is 21.0. The third kappa shape index (κ3) is 6.08. The highest BCUT2D eigenvalue weighted by atomic mass is 32.2. The van der Waals surface area contributed by atoms with Crippen LogP contribution in [0.3, 0.4) is 0 Å². The summed E-state index contributed by atoms with van der Waals surface area (Å²) in [5.74, 6) is -0.382. The van der Waals surface area contributed by atoms with E-state index in [1.807, 2.05) is 35.2 Å². The van der Waals surface area contributed by atoms with Crippen molar-refractivity contribution in [1.82, 2.24) is 25.4 Å². The highest BCUT2D eigenvalue weighted by Gasteiger charge is 2.22. The number of rotatable bonds is 7. The summed E-state index contributed by atoms with van der Waals surface area (Å²) in [6, 6.07) is 14.9. The number of nitrogens with one attached hydrogen (secondary N) is 2. The number of morpholine rings is 1. The molecule has 0 bridgehead atoms. The number of imide groups is 1. The van der Waals surface area contributed by atoms with Gasteiger partial charge in [0.15, 0.2) is 5.16 Å². The minimum Gasteiger partial charge on any atom is -0.378 e. The Kier molecular flexibility index (Phi) is 7.53. The van der Waals surface area contributed by atoms with Crippen LogP contribution in [-0.2, 0) is 16.1 Å². The van der Waals surface area contributed by atoms with Crippen LogP contribution in [0.2, 0.25) is 0 Å². The van der Waals surface area contributed by atoms with Gasteiger partial charge in [-0.2, -0.15) is 0 Å². The Morgan fingerprint density at radius 1 is 1.06 bits per heavy atom. The van der Waals surface area contributed by atoms with Gasteiger partial charge in [0.1, 0.15) is 5.82 Å². The van der Waals surface area contributed by atoms with Crippen molar-refractivity contribution in [2.75, 3.05) is 37.0 Å². The maximum Gasteiger partial charge on any atom is 0.321 e. The van der Waals surface area contributed by atoms with E-state index in [0.717, 1.165) is 17.3 Å². The number of aromatic nitrogens is 3. The maximum atomic E-state index is 13.9. The summed E-state index contributed by atoms with van der Waals surface area (Å²) in [6.45, 7) is 2.67. The zero-order valence-electron chi connectivity index (χ0n) is 17.7. The molecule has 2 aromatic carbocycles.